The van der Waals surface area contributed by atoms with Gasteiger partial charge in [0.25, 0.3) is 0 Å². The molecule has 0 radical (unpaired) electrons. The van der Waals surface area contributed by atoms with Gasteiger partial charge < -0.3 is 14.4 Å². The van der Waals surface area contributed by atoms with Crippen LogP contribution in [0.5, 0.6) is 0 Å². The van der Waals surface area contributed by atoms with Gasteiger partial charge in [-0.15, -0.1) is 0 Å². The minimum Gasteiger partial charge on any atom is -0.478 e. The smallest absolute Gasteiger partial charge is 0.337 e. The largest absolute Gasteiger partial charge is 0.478 e. The van der Waals surface area contributed by atoms with Gasteiger partial charge in [0, 0.05) is 23.3 Å². The molecular formula is C18H18ClNO5. The lowest BCUT2D eigenvalue weighted by Crippen LogP contribution is -2.15. The number of carbonyl (C=O) groups excluding carboxylic acids is 2. The van der Waals surface area contributed by atoms with Gasteiger partial charge in [-0.3, -0.25) is 9.59 Å². The van der Waals surface area contributed by atoms with E-state index in [1.165, 1.54) is 4.57 Å². The van der Waals surface area contributed by atoms with E-state index >= 15 is 0 Å². The van der Waals surface area contributed by atoms with Crippen molar-refractivity contribution in [3.05, 3.63) is 57.4 Å². The molecule has 0 atom stereocenters. The molecule has 1 aromatic heterocycles. The monoisotopic (exact) mass is 363 g/mol. The van der Waals surface area contributed by atoms with E-state index in [2.05, 4.69) is 0 Å². The maximum atomic E-state index is 12.8. The number of rotatable bonds is 6. The van der Waals surface area contributed by atoms with E-state index in [4.69, 9.17) is 16.3 Å². The van der Waals surface area contributed by atoms with Gasteiger partial charge in [-0.25, -0.2) is 4.79 Å². The summed E-state index contributed by atoms with van der Waals surface area (Å²) in [5.74, 6) is -2.08. The molecule has 0 bridgehead atoms. The SMILES string of the molecule is CCOC(=O)Cc1c(C(=O)O)c(C)c(C(=O)c2ccc(Cl)cc2)n1C. The van der Waals surface area contributed by atoms with E-state index in [-0.39, 0.29) is 35.8 Å². The number of benzene rings is 1. The number of carboxylic acid groups (broad SMARTS) is 1. The Morgan fingerprint density at radius 3 is 2.32 bits per heavy atom. The number of ether oxygens (including phenoxy) is 1. The highest BCUT2D eigenvalue weighted by atomic mass is 35.5. The molecule has 1 aromatic carbocycles. The zero-order chi connectivity index (χ0) is 18.7. The summed E-state index contributed by atoms with van der Waals surface area (Å²) in [4.78, 5) is 36.3. The second-order valence-electron chi connectivity index (χ2n) is 5.48. The minimum atomic E-state index is -1.19. The van der Waals surface area contributed by atoms with Crippen molar-refractivity contribution in [2.45, 2.75) is 20.3 Å². The van der Waals surface area contributed by atoms with Crippen LogP contribution in [0.3, 0.4) is 0 Å². The molecule has 0 aliphatic rings. The molecule has 0 amide bonds. The molecule has 0 saturated carbocycles. The van der Waals surface area contributed by atoms with E-state index in [0.29, 0.717) is 16.1 Å². The Labute approximate surface area is 150 Å². The summed E-state index contributed by atoms with van der Waals surface area (Å²) in [6.45, 7) is 3.42. The fourth-order valence-electron chi connectivity index (χ4n) is 2.79. The Hall–Kier alpha value is -2.60. The first-order valence-electron chi connectivity index (χ1n) is 7.65. The van der Waals surface area contributed by atoms with Crippen LogP contribution in [-0.4, -0.2) is 34.0 Å². The molecule has 7 heteroatoms. The Kier molecular flexibility index (Phi) is 5.64. The summed E-state index contributed by atoms with van der Waals surface area (Å²) in [5, 5.41) is 10.0. The summed E-state index contributed by atoms with van der Waals surface area (Å²) < 4.78 is 6.35. The number of ketones is 1. The fraction of sp³-hybridized carbons (Fsp3) is 0.278. The molecule has 0 spiro atoms. The molecule has 25 heavy (non-hydrogen) atoms. The number of carboxylic acids is 1. The van der Waals surface area contributed by atoms with E-state index < -0.39 is 11.9 Å². The van der Waals surface area contributed by atoms with Crippen molar-refractivity contribution in [1.29, 1.82) is 0 Å². The number of esters is 1. The first kappa shape index (κ1) is 18.7. The molecule has 132 valence electrons. The van der Waals surface area contributed by atoms with Crippen LogP contribution < -0.4 is 0 Å². The van der Waals surface area contributed by atoms with Crippen LogP contribution >= 0.6 is 11.6 Å². The molecule has 0 aliphatic carbocycles. The van der Waals surface area contributed by atoms with Crippen molar-refractivity contribution in [2.24, 2.45) is 7.05 Å². The highest BCUT2D eigenvalue weighted by molar-refractivity contribution is 6.30. The number of carbonyl (C=O) groups is 3. The van der Waals surface area contributed by atoms with Gasteiger partial charge >= 0.3 is 11.9 Å². The number of aromatic nitrogens is 1. The number of nitrogens with zero attached hydrogens (tertiary/aromatic N) is 1. The molecule has 2 aromatic rings. The van der Waals surface area contributed by atoms with E-state index in [1.54, 1.807) is 45.2 Å². The molecule has 6 nitrogen and oxygen atoms in total. The van der Waals surface area contributed by atoms with Crippen LogP contribution in [0.1, 0.15) is 44.6 Å². The first-order chi connectivity index (χ1) is 11.8. The van der Waals surface area contributed by atoms with Crippen molar-refractivity contribution < 1.29 is 24.2 Å². The lowest BCUT2D eigenvalue weighted by molar-refractivity contribution is -0.142. The molecular weight excluding hydrogens is 346 g/mol. The minimum absolute atomic E-state index is 0.0483. The van der Waals surface area contributed by atoms with Crippen molar-refractivity contribution in [2.75, 3.05) is 6.61 Å². The average molecular weight is 364 g/mol. The maximum Gasteiger partial charge on any atom is 0.337 e. The van der Waals surface area contributed by atoms with E-state index in [9.17, 15) is 19.5 Å². The highest BCUT2D eigenvalue weighted by Gasteiger charge is 2.28. The molecule has 0 fully saturated rings. The standard InChI is InChI=1S/C18H18ClNO5/c1-4-25-14(21)9-13-15(18(23)24)10(2)16(20(13)3)17(22)11-5-7-12(19)8-6-11/h5-8H,4,9H2,1-3H3,(H,23,24). The number of hydrogen-bond donors (Lipinski definition) is 1. The second kappa shape index (κ2) is 7.53. The number of aromatic carboxylic acids is 1. The van der Waals surface area contributed by atoms with Crippen molar-refractivity contribution in [3.8, 4) is 0 Å². The zero-order valence-electron chi connectivity index (χ0n) is 14.1. The quantitative estimate of drug-likeness (QED) is 0.629. The molecule has 1 N–H and O–H groups in total. The van der Waals surface area contributed by atoms with E-state index in [0.717, 1.165) is 0 Å². The molecule has 0 aliphatic heterocycles. The molecule has 1 heterocycles. The summed E-state index contributed by atoms with van der Waals surface area (Å²) in [7, 11) is 1.57. The van der Waals surface area contributed by atoms with Crippen LogP contribution in [0.4, 0.5) is 0 Å². The Bertz CT molecular complexity index is 836. The molecule has 0 saturated heterocycles. The number of halogens is 1. The van der Waals surface area contributed by atoms with Gasteiger partial charge in [0.2, 0.25) is 5.78 Å². The Morgan fingerprint density at radius 1 is 1.20 bits per heavy atom. The van der Waals surface area contributed by atoms with Gasteiger partial charge in [-0.2, -0.15) is 0 Å². The molecule has 0 unspecified atom stereocenters. The van der Waals surface area contributed by atoms with Gasteiger partial charge in [-0.05, 0) is 43.7 Å². The topological polar surface area (TPSA) is 85.6 Å². The van der Waals surface area contributed by atoms with Crippen LogP contribution in [0.25, 0.3) is 0 Å². The van der Waals surface area contributed by atoms with Gasteiger partial charge in [0.05, 0.1) is 24.3 Å². The zero-order valence-corrected chi connectivity index (χ0v) is 14.9. The first-order valence-corrected chi connectivity index (χ1v) is 8.03. The third-order valence-corrected chi connectivity index (χ3v) is 4.16. The Morgan fingerprint density at radius 2 is 1.80 bits per heavy atom. The van der Waals surface area contributed by atoms with Crippen LogP contribution in [0.2, 0.25) is 5.02 Å². The van der Waals surface area contributed by atoms with Crippen LogP contribution in [0, 0.1) is 6.92 Å². The van der Waals surface area contributed by atoms with Crippen molar-refractivity contribution in [3.63, 3.8) is 0 Å². The van der Waals surface area contributed by atoms with Gasteiger partial charge in [0.1, 0.15) is 0 Å². The Balaban J connectivity index is 2.55. The summed E-state index contributed by atoms with van der Waals surface area (Å²) in [6.07, 6.45) is -0.222. The van der Waals surface area contributed by atoms with Crippen LogP contribution in [0.15, 0.2) is 24.3 Å². The summed E-state index contributed by atoms with van der Waals surface area (Å²) in [5.41, 5.74) is 1.11. The predicted octanol–water partition coefficient (Wildman–Crippen LogP) is 3.02. The lowest BCUT2D eigenvalue weighted by atomic mass is 10.0. The maximum absolute atomic E-state index is 12.8. The lowest BCUT2D eigenvalue weighted by Gasteiger charge is -2.08. The van der Waals surface area contributed by atoms with Gasteiger partial charge in [0.15, 0.2) is 0 Å². The summed E-state index contributed by atoms with van der Waals surface area (Å²) >= 11 is 5.84. The fourth-order valence-corrected chi connectivity index (χ4v) is 2.92. The highest BCUT2D eigenvalue weighted by Crippen LogP contribution is 2.25. The van der Waals surface area contributed by atoms with Crippen molar-refractivity contribution in [1.82, 2.24) is 4.57 Å². The third kappa shape index (κ3) is 3.74. The average Bonchev–Trinajstić information content (AvgIpc) is 2.78. The molecule has 2 rings (SSSR count). The van der Waals surface area contributed by atoms with Crippen molar-refractivity contribution >= 4 is 29.3 Å². The van der Waals surface area contributed by atoms with E-state index in [1.807, 2.05) is 0 Å². The second-order valence-corrected chi connectivity index (χ2v) is 5.91. The summed E-state index contributed by atoms with van der Waals surface area (Å²) in [6, 6.07) is 6.32. The van der Waals surface area contributed by atoms with Gasteiger partial charge in [-0.1, -0.05) is 11.6 Å². The number of hydrogen-bond acceptors (Lipinski definition) is 4. The normalized spacial score (nSPS) is 10.6. The van der Waals surface area contributed by atoms with Crippen LogP contribution in [-0.2, 0) is 23.0 Å². The third-order valence-electron chi connectivity index (χ3n) is 3.91. The predicted molar refractivity (Wildman–Crippen MR) is 92.3 cm³/mol.